The van der Waals surface area contributed by atoms with E-state index < -0.39 is 0 Å². The smallest absolute Gasteiger partial charge is 0.227 e. The van der Waals surface area contributed by atoms with Gasteiger partial charge < -0.3 is 15.0 Å². The molecule has 3 rings (SSSR count). The molecule has 0 bridgehead atoms. The first kappa shape index (κ1) is 16.3. The van der Waals surface area contributed by atoms with Crippen molar-refractivity contribution in [1.82, 2.24) is 4.98 Å². The molecule has 1 aromatic heterocycles. The van der Waals surface area contributed by atoms with E-state index in [1.54, 1.807) is 19.5 Å². The second-order valence-corrected chi connectivity index (χ2v) is 6.04. The average molecular weight is 325 g/mol. The third-order valence-corrected chi connectivity index (χ3v) is 4.38. The number of hydrogen-bond acceptors (Lipinski definition) is 4. The lowest BCUT2D eigenvalue weighted by molar-refractivity contribution is -0.119. The van der Waals surface area contributed by atoms with Gasteiger partial charge in [0.2, 0.25) is 5.91 Å². The number of nitrogens with one attached hydrogen (secondary N) is 1. The number of methoxy groups -OCH3 is 1. The van der Waals surface area contributed by atoms with Gasteiger partial charge in [0.1, 0.15) is 5.75 Å². The first-order chi connectivity index (χ1) is 11.7. The Hall–Kier alpha value is -2.56. The van der Waals surface area contributed by atoms with Crippen LogP contribution in [0.15, 0.2) is 42.7 Å². The van der Waals surface area contributed by atoms with E-state index in [0.29, 0.717) is 6.42 Å². The van der Waals surface area contributed by atoms with Crippen LogP contribution in [0.4, 0.5) is 11.4 Å². The van der Waals surface area contributed by atoms with E-state index in [2.05, 4.69) is 17.2 Å². The number of pyridine rings is 1. The van der Waals surface area contributed by atoms with Gasteiger partial charge in [-0.2, -0.15) is 0 Å². The highest BCUT2D eigenvalue weighted by molar-refractivity contribution is 5.96. The zero-order valence-electron chi connectivity index (χ0n) is 14.2. The fourth-order valence-electron chi connectivity index (χ4n) is 3.04. The molecule has 1 saturated heterocycles. The molecule has 1 aromatic carbocycles. The lowest BCUT2D eigenvalue weighted by Gasteiger charge is -2.29. The monoisotopic (exact) mass is 325 g/mol. The summed E-state index contributed by atoms with van der Waals surface area (Å²) in [5, 5.41) is 3.48. The number of hydrogen-bond donors (Lipinski definition) is 1. The molecular formula is C19H23N3O2. The second-order valence-electron chi connectivity index (χ2n) is 6.04. The van der Waals surface area contributed by atoms with E-state index in [9.17, 15) is 4.79 Å². The highest BCUT2D eigenvalue weighted by Crippen LogP contribution is 2.34. The van der Waals surface area contributed by atoms with Crippen LogP contribution in [0.25, 0.3) is 0 Å². The number of anilines is 2. The summed E-state index contributed by atoms with van der Waals surface area (Å²) in [4.78, 5) is 18.2. The molecule has 2 aromatic rings. The van der Waals surface area contributed by atoms with Crippen molar-refractivity contribution >= 4 is 17.3 Å². The SMILES string of the molecule is COc1ccc(N[C@@H](C)c2ccncc2)cc1N1CCCCC1=O. The van der Waals surface area contributed by atoms with Crippen molar-refractivity contribution in [2.75, 3.05) is 23.9 Å². The first-order valence-corrected chi connectivity index (χ1v) is 8.34. The van der Waals surface area contributed by atoms with Gasteiger partial charge in [0, 0.05) is 37.1 Å². The Bertz CT molecular complexity index is 703. The average Bonchev–Trinajstić information content (AvgIpc) is 2.63. The van der Waals surface area contributed by atoms with E-state index in [-0.39, 0.29) is 11.9 Å². The minimum Gasteiger partial charge on any atom is -0.495 e. The fourth-order valence-corrected chi connectivity index (χ4v) is 3.04. The van der Waals surface area contributed by atoms with E-state index in [1.165, 1.54) is 0 Å². The van der Waals surface area contributed by atoms with Crippen molar-refractivity contribution in [3.8, 4) is 5.75 Å². The van der Waals surface area contributed by atoms with Crippen LogP contribution in [0, 0.1) is 0 Å². The van der Waals surface area contributed by atoms with E-state index in [0.717, 1.165) is 42.1 Å². The van der Waals surface area contributed by atoms with Crippen LogP contribution < -0.4 is 15.0 Å². The molecule has 0 aliphatic carbocycles. The van der Waals surface area contributed by atoms with Crippen LogP contribution in [0.5, 0.6) is 5.75 Å². The summed E-state index contributed by atoms with van der Waals surface area (Å²) in [5.74, 6) is 0.895. The van der Waals surface area contributed by atoms with Gasteiger partial charge in [0.25, 0.3) is 0 Å². The third kappa shape index (κ3) is 3.50. The number of amides is 1. The molecule has 5 nitrogen and oxygen atoms in total. The van der Waals surface area contributed by atoms with Crippen molar-refractivity contribution in [2.45, 2.75) is 32.2 Å². The zero-order valence-corrected chi connectivity index (χ0v) is 14.2. The maximum absolute atomic E-state index is 12.3. The molecule has 1 N–H and O–H groups in total. The van der Waals surface area contributed by atoms with Crippen molar-refractivity contribution < 1.29 is 9.53 Å². The maximum Gasteiger partial charge on any atom is 0.227 e. The molecule has 1 aliphatic heterocycles. The maximum atomic E-state index is 12.3. The molecule has 1 amide bonds. The van der Waals surface area contributed by atoms with Gasteiger partial charge in [-0.1, -0.05) is 0 Å². The molecule has 0 unspecified atom stereocenters. The summed E-state index contributed by atoms with van der Waals surface area (Å²) in [6, 6.07) is 10.0. The number of piperidine rings is 1. The quantitative estimate of drug-likeness (QED) is 0.909. The fraction of sp³-hybridized carbons (Fsp3) is 0.368. The first-order valence-electron chi connectivity index (χ1n) is 8.34. The molecular weight excluding hydrogens is 302 g/mol. The van der Waals surface area contributed by atoms with Gasteiger partial charge in [-0.05, 0) is 55.7 Å². The lowest BCUT2D eigenvalue weighted by Crippen LogP contribution is -2.35. The predicted octanol–water partition coefficient (Wildman–Crippen LogP) is 3.78. The molecule has 5 heteroatoms. The minimum atomic E-state index is 0.145. The van der Waals surface area contributed by atoms with Gasteiger partial charge in [0.05, 0.1) is 12.8 Å². The molecule has 1 fully saturated rings. The highest BCUT2D eigenvalue weighted by atomic mass is 16.5. The molecule has 0 saturated carbocycles. The summed E-state index contributed by atoms with van der Waals surface area (Å²) in [6.45, 7) is 2.85. The number of rotatable bonds is 5. The van der Waals surface area contributed by atoms with Crippen molar-refractivity contribution in [2.24, 2.45) is 0 Å². The summed E-state index contributed by atoms with van der Waals surface area (Å²) < 4.78 is 5.46. The Kier molecular flexibility index (Phi) is 4.99. The summed E-state index contributed by atoms with van der Waals surface area (Å²) in [6.07, 6.45) is 6.18. The molecule has 1 atom stereocenters. The number of carbonyl (C=O) groups excluding carboxylic acids is 1. The standard InChI is InChI=1S/C19H23N3O2/c1-14(15-8-10-20-11-9-15)21-16-6-7-18(24-2)17(13-16)22-12-4-3-5-19(22)23/h6-11,13-14,21H,3-5,12H2,1-2H3/t14-/m0/s1. The number of carbonyl (C=O) groups is 1. The normalized spacial score (nSPS) is 15.9. The zero-order chi connectivity index (χ0) is 16.9. The van der Waals surface area contributed by atoms with Gasteiger partial charge in [-0.3, -0.25) is 9.78 Å². The molecule has 1 aliphatic rings. The Morgan fingerprint density at radius 1 is 1.21 bits per heavy atom. The summed E-state index contributed by atoms with van der Waals surface area (Å²) >= 11 is 0. The van der Waals surface area contributed by atoms with Crippen molar-refractivity contribution in [3.05, 3.63) is 48.3 Å². The van der Waals surface area contributed by atoms with Gasteiger partial charge >= 0.3 is 0 Å². The largest absolute Gasteiger partial charge is 0.495 e. The Balaban J connectivity index is 1.84. The third-order valence-electron chi connectivity index (χ3n) is 4.38. The minimum absolute atomic E-state index is 0.145. The lowest BCUT2D eigenvalue weighted by atomic mass is 10.1. The van der Waals surface area contributed by atoms with Crippen LogP contribution in [0.1, 0.15) is 37.8 Å². The van der Waals surface area contributed by atoms with Crippen LogP contribution >= 0.6 is 0 Å². The molecule has 24 heavy (non-hydrogen) atoms. The van der Waals surface area contributed by atoms with Gasteiger partial charge in [-0.15, -0.1) is 0 Å². The Morgan fingerprint density at radius 3 is 2.71 bits per heavy atom. The highest BCUT2D eigenvalue weighted by Gasteiger charge is 2.23. The second kappa shape index (κ2) is 7.34. The predicted molar refractivity (Wildman–Crippen MR) is 95.5 cm³/mol. The summed E-state index contributed by atoms with van der Waals surface area (Å²) in [7, 11) is 1.64. The van der Waals surface area contributed by atoms with Gasteiger partial charge in [0.15, 0.2) is 0 Å². The molecule has 2 heterocycles. The van der Waals surface area contributed by atoms with Crippen LogP contribution in [0.3, 0.4) is 0 Å². The van der Waals surface area contributed by atoms with E-state index in [4.69, 9.17) is 4.74 Å². The van der Waals surface area contributed by atoms with Gasteiger partial charge in [-0.25, -0.2) is 0 Å². The topological polar surface area (TPSA) is 54.5 Å². The Morgan fingerprint density at radius 2 is 2.00 bits per heavy atom. The van der Waals surface area contributed by atoms with E-state index in [1.807, 2.05) is 35.2 Å². The summed E-state index contributed by atoms with van der Waals surface area (Å²) in [5.41, 5.74) is 2.97. The van der Waals surface area contributed by atoms with Crippen LogP contribution in [-0.2, 0) is 4.79 Å². The number of nitrogens with zero attached hydrogens (tertiary/aromatic N) is 2. The van der Waals surface area contributed by atoms with Crippen LogP contribution in [-0.4, -0.2) is 24.5 Å². The van der Waals surface area contributed by atoms with Crippen LogP contribution in [0.2, 0.25) is 0 Å². The molecule has 0 radical (unpaired) electrons. The molecule has 126 valence electrons. The van der Waals surface area contributed by atoms with E-state index >= 15 is 0 Å². The van der Waals surface area contributed by atoms with Crippen molar-refractivity contribution in [3.63, 3.8) is 0 Å². The molecule has 0 spiro atoms. The Labute approximate surface area is 142 Å². The van der Waals surface area contributed by atoms with Crippen molar-refractivity contribution in [1.29, 1.82) is 0 Å². The number of ether oxygens (including phenoxy) is 1. The number of aromatic nitrogens is 1. The number of benzene rings is 1.